The zero-order valence-corrected chi connectivity index (χ0v) is 18.0. The van der Waals surface area contributed by atoms with Gasteiger partial charge in [-0.15, -0.1) is 0 Å². The normalized spacial score (nSPS) is 12.5. The van der Waals surface area contributed by atoms with Crippen molar-refractivity contribution in [3.63, 3.8) is 0 Å². The van der Waals surface area contributed by atoms with Gasteiger partial charge >= 0.3 is 5.97 Å². The van der Waals surface area contributed by atoms with Crippen molar-refractivity contribution >= 4 is 18.3 Å². The highest BCUT2D eigenvalue weighted by Crippen LogP contribution is 2.04. The number of methoxy groups -OCH3 is 1. The Bertz CT molecular complexity index is 711. The Balaban J connectivity index is 0.00000192. The maximum absolute atomic E-state index is 12.3. The first kappa shape index (κ1) is 26.8. The fraction of sp³-hybridized carbons (Fsp3) is 0.429. The van der Waals surface area contributed by atoms with Crippen LogP contribution in [0.25, 0.3) is 0 Å². The number of hydrogen-bond donors (Lipinski definition) is 3. The van der Waals surface area contributed by atoms with Crippen molar-refractivity contribution in [1.82, 2.24) is 20.2 Å². The molecule has 0 radical (unpaired) electrons. The third-order valence-electron chi connectivity index (χ3n) is 3.60. The zero-order valence-electron chi connectivity index (χ0n) is 18.0. The van der Waals surface area contributed by atoms with Crippen LogP contribution in [0.4, 0.5) is 0 Å². The maximum atomic E-state index is 12.3. The van der Waals surface area contributed by atoms with E-state index in [0.29, 0.717) is 19.4 Å². The first-order chi connectivity index (χ1) is 14.4. The van der Waals surface area contributed by atoms with Crippen molar-refractivity contribution in [2.24, 2.45) is 0 Å². The molecule has 1 aromatic rings. The number of H-pyrrole nitrogens is 1. The molecule has 0 fully saturated rings. The lowest BCUT2D eigenvalue weighted by Crippen LogP contribution is -2.43. The molecule has 166 valence electrons. The Morgan fingerprint density at radius 2 is 2.00 bits per heavy atom. The zero-order chi connectivity index (χ0) is 22.8. The molecule has 0 saturated heterocycles. The molecule has 0 spiro atoms. The Morgan fingerprint density at radius 3 is 2.50 bits per heavy atom. The number of carbonyl (C=O) groups is 3. The van der Waals surface area contributed by atoms with E-state index in [1.807, 2.05) is 51.2 Å². The number of hydrogen-bond acceptors (Lipinski definition) is 6. The number of aromatic nitrogens is 2. The number of rotatable bonds is 12. The highest BCUT2D eigenvalue weighted by Gasteiger charge is 2.16. The molecule has 0 aliphatic heterocycles. The molecular weight excluding hydrogens is 388 g/mol. The van der Waals surface area contributed by atoms with Gasteiger partial charge in [0.25, 0.3) is 6.47 Å². The SMILES string of the molecule is COC=O.C\C=C/C(=C\C=C\C)CN(CC(=O)O)CC(=O)NC(C)Cc1cnc[nH]1. The number of imidazole rings is 1. The van der Waals surface area contributed by atoms with Gasteiger partial charge in [-0.2, -0.15) is 0 Å². The van der Waals surface area contributed by atoms with Crippen molar-refractivity contribution in [3.8, 4) is 0 Å². The van der Waals surface area contributed by atoms with Crippen LogP contribution in [-0.2, 0) is 25.5 Å². The van der Waals surface area contributed by atoms with E-state index < -0.39 is 5.97 Å². The second-order valence-electron chi connectivity index (χ2n) is 6.39. The Labute approximate surface area is 177 Å². The highest BCUT2D eigenvalue weighted by atomic mass is 16.5. The summed E-state index contributed by atoms with van der Waals surface area (Å²) in [6.45, 7) is 6.28. The van der Waals surface area contributed by atoms with Crippen LogP contribution in [0.5, 0.6) is 0 Å². The summed E-state index contributed by atoms with van der Waals surface area (Å²) in [6.07, 6.45) is 13.4. The molecule has 1 atom stereocenters. The van der Waals surface area contributed by atoms with Crippen LogP contribution in [0, 0.1) is 0 Å². The molecule has 1 heterocycles. The van der Waals surface area contributed by atoms with Crippen LogP contribution in [-0.4, -0.2) is 71.1 Å². The fourth-order valence-corrected chi connectivity index (χ4v) is 2.51. The molecule has 9 nitrogen and oxygen atoms in total. The quantitative estimate of drug-likeness (QED) is 0.347. The number of ether oxygens (including phenoxy) is 1. The van der Waals surface area contributed by atoms with E-state index >= 15 is 0 Å². The summed E-state index contributed by atoms with van der Waals surface area (Å²) < 4.78 is 3.86. The number of carboxylic acid groups (broad SMARTS) is 1. The summed E-state index contributed by atoms with van der Waals surface area (Å²) in [5, 5.41) is 12.0. The van der Waals surface area contributed by atoms with Crippen LogP contribution in [0.2, 0.25) is 0 Å². The molecule has 0 saturated carbocycles. The topological polar surface area (TPSA) is 125 Å². The number of amides is 1. The van der Waals surface area contributed by atoms with Gasteiger partial charge in [0.15, 0.2) is 0 Å². The molecule has 1 rings (SSSR count). The van der Waals surface area contributed by atoms with Gasteiger partial charge in [-0.25, -0.2) is 4.98 Å². The molecule has 3 N–H and O–H groups in total. The standard InChI is InChI=1S/C19H28N4O3.C2H4O2/c1-4-6-8-16(7-5-2)11-23(13-19(25)26)12-18(24)22-15(3)9-17-10-20-14-21-17;1-4-2-3/h4-8,10,14-15H,9,11-13H2,1-3H3,(H,20,21)(H,22,24)(H,25,26);2H,1H3/b6-4+,7-5-,16-8+;. The smallest absolute Gasteiger partial charge is 0.317 e. The lowest BCUT2D eigenvalue weighted by atomic mass is 10.2. The minimum absolute atomic E-state index is 0.0182. The van der Waals surface area contributed by atoms with Gasteiger partial charge in [0.2, 0.25) is 5.91 Å². The molecule has 1 aromatic heterocycles. The van der Waals surface area contributed by atoms with Crippen LogP contribution in [0.1, 0.15) is 26.5 Å². The van der Waals surface area contributed by atoms with Crippen molar-refractivity contribution in [1.29, 1.82) is 0 Å². The summed E-state index contributed by atoms with van der Waals surface area (Å²) in [6, 6.07) is -0.0804. The second-order valence-corrected chi connectivity index (χ2v) is 6.39. The average molecular weight is 421 g/mol. The monoisotopic (exact) mass is 420 g/mol. The van der Waals surface area contributed by atoms with Crippen molar-refractivity contribution in [2.45, 2.75) is 33.2 Å². The fourth-order valence-electron chi connectivity index (χ4n) is 2.51. The molecule has 9 heteroatoms. The van der Waals surface area contributed by atoms with Crippen LogP contribution < -0.4 is 5.32 Å². The van der Waals surface area contributed by atoms with Crippen molar-refractivity contribution < 1.29 is 24.2 Å². The molecular formula is C21H32N4O5. The van der Waals surface area contributed by atoms with Gasteiger partial charge in [-0.1, -0.05) is 30.4 Å². The van der Waals surface area contributed by atoms with E-state index in [4.69, 9.17) is 9.90 Å². The number of carbonyl (C=O) groups excluding carboxylic acids is 2. The van der Waals surface area contributed by atoms with E-state index in [-0.39, 0.29) is 25.0 Å². The predicted molar refractivity (Wildman–Crippen MR) is 115 cm³/mol. The number of aliphatic carboxylic acids is 1. The lowest BCUT2D eigenvalue weighted by molar-refractivity contribution is -0.138. The van der Waals surface area contributed by atoms with Gasteiger partial charge in [-0.05, 0) is 26.3 Å². The van der Waals surface area contributed by atoms with Crippen LogP contribution in [0.3, 0.4) is 0 Å². The van der Waals surface area contributed by atoms with Gasteiger partial charge in [-0.3, -0.25) is 19.3 Å². The summed E-state index contributed by atoms with van der Waals surface area (Å²) in [5.74, 6) is -1.17. The summed E-state index contributed by atoms with van der Waals surface area (Å²) in [4.78, 5) is 41.0. The number of nitrogens with one attached hydrogen (secondary N) is 2. The van der Waals surface area contributed by atoms with E-state index in [1.165, 1.54) is 7.11 Å². The second kappa shape index (κ2) is 16.7. The highest BCUT2D eigenvalue weighted by molar-refractivity contribution is 5.79. The molecule has 0 aromatic carbocycles. The summed E-state index contributed by atoms with van der Waals surface area (Å²) >= 11 is 0. The Morgan fingerprint density at radius 1 is 1.30 bits per heavy atom. The van der Waals surface area contributed by atoms with E-state index in [9.17, 15) is 9.59 Å². The van der Waals surface area contributed by atoms with Gasteiger partial charge in [0.05, 0.1) is 26.5 Å². The number of aromatic amines is 1. The van der Waals surface area contributed by atoms with Crippen LogP contribution in [0.15, 0.2) is 48.5 Å². The largest absolute Gasteiger partial charge is 0.480 e. The third kappa shape index (κ3) is 13.9. The van der Waals surface area contributed by atoms with Crippen LogP contribution >= 0.6 is 0 Å². The number of carboxylic acids is 1. The minimum atomic E-state index is -0.964. The molecule has 0 bridgehead atoms. The van der Waals surface area contributed by atoms with Gasteiger partial charge < -0.3 is 20.1 Å². The molecule has 0 aliphatic rings. The summed E-state index contributed by atoms with van der Waals surface area (Å²) in [7, 11) is 1.31. The maximum Gasteiger partial charge on any atom is 0.317 e. The molecule has 30 heavy (non-hydrogen) atoms. The number of allylic oxidation sites excluding steroid dienone is 4. The molecule has 1 amide bonds. The molecule has 0 aliphatic carbocycles. The van der Waals surface area contributed by atoms with E-state index in [1.54, 1.807) is 17.4 Å². The van der Waals surface area contributed by atoms with E-state index in [2.05, 4.69) is 20.0 Å². The first-order valence-electron chi connectivity index (χ1n) is 9.47. The number of nitrogens with zero attached hydrogens (tertiary/aromatic N) is 2. The van der Waals surface area contributed by atoms with Crippen molar-refractivity contribution in [2.75, 3.05) is 26.7 Å². The molecule has 1 unspecified atom stereocenters. The van der Waals surface area contributed by atoms with Gasteiger partial charge in [0, 0.05) is 30.9 Å². The average Bonchev–Trinajstić information content (AvgIpc) is 3.18. The van der Waals surface area contributed by atoms with E-state index in [0.717, 1.165) is 11.3 Å². The predicted octanol–water partition coefficient (Wildman–Crippen LogP) is 1.71. The Hall–Kier alpha value is -3.20. The minimum Gasteiger partial charge on any atom is -0.480 e. The third-order valence-corrected chi connectivity index (χ3v) is 3.60. The van der Waals surface area contributed by atoms with Crippen molar-refractivity contribution in [3.05, 3.63) is 54.2 Å². The lowest BCUT2D eigenvalue weighted by Gasteiger charge is -2.22. The first-order valence-corrected chi connectivity index (χ1v) is 9.47. The Kier molecular flexibility index (Phi) is 14.9. The van der Waals surface area contributed by atoms with Gasteiger partial charge in [0.1, 0.15) is 0 Å². The summed E-state index contributed by atoms with van der Waals surface area (Å²) in [5.41, 5.74) is 1.87.